The predicted molar refractivity (Wildman–Crippen MR) is 83.8 cm³/mol. The molecule has 22 heavy (non-hydrogen) atoms. The van der Waals surface area contributed by atoms with Gasteiger partial charge in [-0.25, -0.2) is 9.97 Å². The van der Waals surface area contributed by atoms with Gasteiger partial charge in [-0.3, -0.25) is 4.79 Å². The summed E-state index contributed by atoms with van der Waals surface area (Å²) in [7, 11) is 0. The van der Waals surface area contributed by atoms with Crippen LogP contribution < -0.4 is 17.2 Å². The summed E-state index contributed by atoms with van der Waals surface area (Å²) < 4.78 is 0. The van der Waals surface area contributed by atoms with Crippen LogP contribution in [0, 0.1) is 0 Å². The van der Waals surface area contributed by atoms with Crippen LogP contribution in [-0.2, 0) is 0 Å². The molecule has 0 spiro atoms. The SMILES string of the molecule is CC(=O)c1ccc(-c2nc3c(N)nc(N)nc3nc2N)cc1. The summed E-state index contributed by atoms with van der Waals surface area (Å²) in [5.74, 6) is 0.326. The van der Waals surface area contributed by atoms with Crippen molar-refractivity contribution >= 4 is 34.5 Å². The number of ketones is 1. The van der Waals surface area contributed by atoms with E-state index in [-0.39, 0.29) is 29.0 Å². The van der Waals surface area contributed by atoms with Crippen LogP contribution in [0.1, 0.15) is 17.3 Å². The van der Waals surface area contributed by atoms with E-state index in [2.05, 4.69) is 19.9 Å². The van der Waals surface area contributed by atoms with Gasteiger partial charge in [-0.05, 0) is 6.92 Å². The first kappa shape index (κ1) is 13.7. The maximum Gasteiger partial charge on any atom is 0.224 e. The van der Waals surface area contributed by atoms with Crippen LogP contribution in [0.25, 0.3) is 22.4 Å². The molecule has 3 rings (SSSR count). The van der Waals surface area contributed by atoms with Gasteiger partial charge in [-0.15, -0.1) is 0 Å². The van der Waals surface area contributed by atoms with E-state index >= 15 is 0 Å². The fourth-order valence-corrected chi connectivity index (χ4v) is 2.07. The number of aromatic nitrogens is 4. The average Bonchev–Trinajstić information content (AvgIpc) is 2.46. The van der Waals surface area contributed by atoms with Crippen LogP contribution in [0.3, 0.4) is 0 Å². The number of nitrogens with zero attached hydrogens (tertiary/aromatic N) is 4. The first-order valence-corrected chi connectivity index (χ1v) is 6.43. The average molecular weight is 295 g/mol. The third-order valence-electron chi connectivity index (χ3n) is 3.17. The molecule has 0 aliphatic heterocycles. The summed E-state index contributed by atoms with van der Waals surface area (Å²) in [4.78, 5) is 27.7. The summed E-state index contributed by atoms with van der Waals surface area (Å²) in [5, 5.41) is 0. The number of Topliss-reactive ketones (excluding diaryl/α,β-unsaturated/α-hetero) is 1. The molecular formula is C14H13N7O. The summed E-state index contributed by atoms with van der Waals surface area (Å²) in [5.41, 5.74) is 19.6. The molecule has 0 aliphatic carbocycles. The highest BCUT2D eigenvalue weighted by atomic mass is 16.1. The summed E-state index contributed by atoms with van der Waals surface area (Å²) >= 11 is 0. The lowest BCUT2D eigenvalue weighted by atomic mass is 10.1. The normalized spacial score (nSPS) is 10.8. The van der Waals surface area contributed by atoms with Crippen molar-refractivity contribution in [2.75, 3.05) is 17.2 Å². The number of anilines is 3. The van der Waals surface area contributed by atoms with E-state index in [1.165, 1.54) is 6.92 Å². The minimum Gasteiger partial charge on any atom is -0.382 e. The van der Waals surface area contributed by atoms with Gasteiger partial charge in [0.05, 0.1) is 0 Å². The Hall–Kier alpha value is -3.29. The number of carbonyl (C=O) groups is 1. The first-order valence-electron chi connectivity index (χ1n) is 6.43. The lowest BCUT2D eigenvalue weighted by molar-refractivity contribution is 0.101. The second-order valence-electron chi connectivity index (χ2n) is 4.73. The van der Waals surface area contributed by atoms with Crippen LogP contribution in [0.5, 0.6) is 0 Å². The molecule has 1 aromatic carbocycles. The standard InChI is InChI=1S/C14H13N7O/c1-6(22)7-2-4-8(5-3-7)9-11(15)19-13-10(18-9)12(16)20-14(17)21-13/h2-5H,1H3,(H6,15,16,17,19,20,21). The number of benzene rings is 1. The quantitative estimate of drug-likeness (QED) is 0.594. The summed E-state index contributed by atoms with van der Waals surface area (Å²) in [6.07, 6.45) is 0. The summed E-state index contributed by atoms with van der Waals surface area (Å²) in [6.45, 7) is 1.50. The maximum atomic E-state index is 11.3. The van der Waals surface area contributed by atoms with Gasteiger partial charge in [0.2, 0.25) is 5.95 Å². The van der Waals surface area contributed by atoms with Gasteiger partial charge in [-0.2, -0.15) is 9.97 Å². The van der Waals surface area contributed by atoms with Crippen molar-refractivity contribution in [3.8, 4) is 11.3 Å². The smallest absolute Gasteiger partial charge is 0.224 e. The molecule has 8 nitrogen and oxygen atoms in total. The van der Waals surface area contributed by atoms with Gasteiger partial charge in [-0.1, -0.05) is 24.3 Å². The van der Waals surface area contributed by atoms with Crippen molar-refractivity contribution in [3.63, 3.8) is 0 Å². The number of carbonyl (C=O) groups excluding carboxylic acids is 1. The Labute approximate surface area is 125 Å². The zero-order chi connectivity index (χ0) is 15.9. The zero-order valence-electron chi connectivity index (χ0n) is 11.7. The van der Waals surface area contributed by atoms with E-state index in [1.807, 2.05) is 0 Å². The number of nitrogens with two attached hydrogens (primary N) is 3. The molecule has 0 unspecified atom stereocenters. The molecule has 0 bridgehead atoms. The maximum absolute atomic E-state index is 11.3. The van der Waals surface area contributed by atoms with Crippen molar-refractivity contribution in [1.29, 1.82) is 0 Å². The number of rotatable bonds is 2. The van der Waals surface area contributed by atoms with Gasteiger partial charge < -0.3 is 17.2 Å². The molecule has 0 fully saturated rings. The molecule has 8 heteroatoms. The highest BCUT2D eigenvalue weighted by Gasteiger charge is 2.13. The van der Waals surface area contributed by atoms with Crippen molar-refractivity contribution in [2.45, 2.75) is 6.92 Å². The molecule has 2 aromatic heterocycles. The molecule has 0 atom stereocenters. The Bertz CT molecular complexity index is 890. The molecule has 0 amide bonds. The van der Waals surface area contributed by atoms with Crippen LogP contribution in [-0.4, -0.2) is 25.7 Å². The van der Waals surface area contributed by atoms with Crippen LogP contribution in [0.15, 0.2) is 24.3 Å². The van der Waals surface area contributed by atoms with E-state index in [9.17, 15) is 4.79 Å². The Morgan fingerprint density at radius 3 is 2.23 bits per heavy atom. The Morgan fingerprint density at radius 1 is 0.909 bits per heavy atom. The molecule has 3 aromatic rings. The molecular weight excluding hydrogens is 282 g/mol. The molecule has 0 saturated heterocycles. The van der Waals surface area contributed by atoms with E-state index in [1.54, 1.807) is 24.3 Å². The minimum atomic E-state index is -0.0164. The fraction of sp³-hybridized carbons (Fsp3) is 0.0714. The third-order valence-corrected chi connectivity index (χ3v) is 3.17. The van der Waals surface area contributed by atoms with Gasteiger partial charge >= 0.3 is 0 Å². The van der Waals surface area contributed by atoms with Gasteiger partial charge in [0.1, 0.15) is 5.69 Å². The fourth-order valence-electron chi connectivity index (χ4n) is 2.07. The topological polar surface area (TPSA) is 147 Å². The van der Waals surface area contributed by atoms with E-state index in [0.717, 1.165) is 0 Å². The van der Waals surface area contributed by atoms with Crippen molar-refractivity contribution in [2.24, 2.45) is 0 Å². The zero-order valence-corrected chi connectivity index (χ0v) is 11.7. The molecule has 2 heterocycles. The Morgan fingerprint density at radius 2 is 1.59 bits per heavy atom. The molecule has 110 valence electrons. The highest BCUT2D eigenvalue weighted by Crippen LogP contribution is 2.26. The van der Waals surface area contributed by atoms with Crippen molar-refractivity contribution in [3.05, 3.63) is 29.8 Å². The molecule has 6 N–H and O–H groups in total. The second kappa shape index (κ2) is 4.92. The van der Waals surface area contributed by atoms with E-state index in [4.69, 9.17) is 17.2 Å². The Kier molecular flexibility index (Phi) is 3.06. The number of hydrogen-bond donors (Lipinski definition) is 3. The van der Waals surface area contributed by atoms with Gasteiger partial charge in [0.25, 0.3) is 0 Å². The monoisotopic (exact) mass is 295 g/mol. The highest BCUT2D eigenvalue weighted by molar-refractivity contribution is 5.94. The van der Waals surface area contributed by atoms with Gasteiger partial charge in [0.15, 0.2) is 28.6 Å². The lowest BCUT2D eigenvalue weighted by Crippen LogP contribution is -2.06. The number of nitrogen functional groups attached to an aromatic ring is 3. The van der Waals surface area contributed by atoms with E-state index in [0.29, 0.717) is 22.3 Å². The van der Waals surface area contributed by atoms with Crippen LogP contribution in [0.2, 0.25) is 0 Å². The molecule has 0 saturated carbocycles. The first-order chi connectivity index (χ1) is 10.5. The van der Waals surface area contributed by atoms with Crippen molar-refractivity contribution < 1.29 is 4.79 Å². The minimum absolute atomic E-state index is 0.0114. The third kappa shape index (κ3) is 2.26. The molecule has 0 radical (unpaired) electrons. The second-order valence-corrected chi connectivity index (χ2v) is 4.73. The lowest BCUT2D eigenvalue weighted by Gasteiger charge is -2.08. The number of fused-ring (bicyclic) bond motifs is 1. The van der Waals surface area contributed by atoms with Crippen molar-refractivity contribution in [1.82, 2.24) is 19.9 Å². The predicted octanol–water partition coefficient (Wildman–Crippen LogP) is 1.04. The van der Waals surface area contributed by atoms with Crippen LogP contribution in [0.4, 0.5) is 17.6 Å². The number of hydrogen-bond acceptors (Lipinski definition) is 8. The van der Waals surface area contributed by atoms with Gasteiger partial charge in [0, 0.05) is 11.1 Å². The largest absolute Gasteiger partial charge is 0.382 e. The summed E-state index contributed by atoms with van der Waals surface area (Å²) in [6, 6.07) is 6.90. The van der Waals surface area contributed by atoms with Crippen LogP contribution >= 0.6 is 0 Å². The molecule has 0 aliphatic rings. The Balaban J connectivity index is 2.18. The van der Waals surface area contributed by atoms with E-state index < -0.39 is 0 Å².